The maximum absolute atomic E-state index is 12.9. The van der Waals surface area contributed by atoms with Crippen LogP contribution in [0.2, 0.25) is 0 Å². The normalized spacial score (nSPS) is 21.9. The Hall–Kier alpha value is -2.67. The lowest BCUT2D eigenvalue weighted by Gasteiger charge is -2.25. The van der Waals surface area contributed by atoms with E-state index in [0.717, 1.165) is 12.0 Å². The van der Waals surface area contributed by atoms with Crippen LogP contribution in [0.15, 0.2) is 42.5 Å². The number of aliphatic hydroxyl groups excluding tert-OH is 1. The monoisotopic (exact) mass is 416 g/mol. The number of nitrogens with zero attached hydrogens (tertiary/aromatic N) is 1. The van der Waals surface area contributed by atoms with Gasteiger partial charge in [0.05, 0.1) is 18.6 Å². The summed E-state index contributed by atoms with van der Waals surface area (Å²) >= 11 is 0. The molecule has 2 amide bonds. The number of amides is 2. The highest BCUT2D eigenvalue weighted by Gasteiger charge is 2.25. The van der Waals surface area contributed by atoms with Gasteiger partial charge in [0, 0.05) is 25.9 Å². The summed E-state index contributed by atoms with van der Waals surface area (Å²) in [7, 11) is 0. The van der Waals surface area contributed by atoms with Crippen LogP contribution in [0.3, 0.4) is 0 Å². The van der Waals surface area contributed by atoms with E-state index in [0.29, 0.717) is 25.8 Å². The summed E-state index contributed by atoms with van der Waals surface area (Å²) in [6, 6.07) is 9.23. The third-order valence-corrected chi connectivity index (χ3v) is 4.95. The van der Waals surface area contributed by atoms with Gasteiger partial charge in [0.1, 0.15) is 6.61 Å². The number of hydrogen-bond donors (Lipinski definition) is 2. The topological polar surface area (TPSA) is 95.9 Å². The van der Waals surface area contributed by atoms with Crippen LogP contribution in [-0.4, -0.2) is 53.6 Å². The Bertz CT molecular complexity index is 720. The molecule has 0 aliphatic carbocycles. The number of hydrogen-bond acceptors (Lipinski definition) is 5. The van der Waals surface area contributed by atoms with Crippen molar-refractivity contribution >= 4 is 17.8 Å². The summed E-state index contributed by atoms with van der Waals surface area (Å²) in [5.74, 6) is -1.20. The maximum atomic E-state index is 12.9. The lowest BCUT2D eigenvalue weighted by Crippen LogP contribution is -2.42. The number of esters is 1. The average Bonchev–Trinajstić information content (AvgIpc) is 2.74. The van der Waals surface area contributed by atoms with E-state index in [1.165, 1.54) is 0 Å². The maximum Gasteiger partial charge on any atom is 0.305 e. The van der Waals surface area contributed by atoms with E-state index in [4.69, 9.17) is 4.74 Å². The zero-order chi connectivity index (χ0) is 21.8. The largest absolute Gasteiger partial charge is 0.464 e. The smallest absolute Gasteiger partial charge is 0.305 e. The van der Waals surface area contributed by atoms with Gasteiger partial charge < -0.3 is 20.1 Å². The van der Waals surface area contributed by atoms with E-state index in [-0.39, 0.29) is 50.0 Å². The van der Waals surface area contributed by atoms with Crippen molar-refractivity contribution in [2.75, 3.05) is 19.8 Å². The molecule has 2 atom stereocenters. The lowest BCUT2D eigenvalue weighted by molar-refractivity contribution is -0.145. The molecule has 2 N–H and O–H groups in total. The molecule has 7 heteroatoms. The van der Waals surface area contributed by atoms with Crippen molar-refractivity contribution in [1.82, 2.24) is 10.2 Å². The fourth-order valence-corrected chi connectivity index (χ4v) is 3.27. The SMILES string of the molecule is C[C@H]1COC(=O)CCC/C=C\C[C@H](CC(=O)N(CCO)Cc2ccccc2)C(=O)N1. The van der Waals surface area contributed by atoms with Gasteiger partial charge in [0.25, 0.3) is 0 Å². The Kier molecular flexibility index (Phi) is 10.1. The molecular weight excluding hydrogens is 384 g/mol. The van der Waals surface area contributed by atoms with Crippen molar-refractivity contribution in [3.05, 3.63) is 48.0 Å². The molecule has 2 rings (SSSR count). The quantitative estimate of drug-likeness (QED) is 0.547. The van der Waals surface area contributed by atoms with Crippen LogP contribution in [0.25, 0.3) is 0 Å². The highest BCUT2D eigenvalue weighted by Crippen LogP contribution is 2.16. The molecule has 0 bridgehead atoms. The van der Waals surface area contributed by atoms with Crippen LogP contribution >= 0.6 is 0 Å². The van der Waals surface area contributed by atoms with E-state index in [2.05, 4.69) is 5.32 Å². The average molecular weight is 417 g/mol. The van der Waals surface area contributed by atoms with Crippen molar-refractivity contribution in [2.24, 2.45) is 5.92 Å². The van der Waals surface area contributed by atoms with Crippen molar-refractivity contribution in [1.29, 1.82) is 0 Å². The number of carbonyl (C=O) groups is 3. The molecular formula is C23H32N2O5. The second-order valence-corrected chi connectivity index (χ2v) is 7.62. The number of allylic oxidation sites excluding steroid dienone is 2. The molecule has 0 unspecified atom stereocenters. The molecule has 1 aliphatic heterocycles. The predicted octanol–water partition coefficient (Wildman–Crippen LogP) is 2.19. The minimum Gasteiger partial charge on any atom is -0.464 e. The minimum atomic E-state index is -0.523. The summed E-state index contributed by atoms with van der Waals surface area (Å²) in [6.07, 6.45) is 6.09. The van der Waals surface area contributed by atoms with E-state index < -0.39 is 5.92 Å². The van der Waals surface area contributed by atoms with Gasteiger partial charge in [-0.15, -0.1) is 0 Å². The number of aliphatic hydroxyl groups is 1. The van der Waals surface area contributed by atoms with Gasteiger partial charge in [0.15, 0.2) is 0 Å². The fourth-order valence-electron chi connectivity index (χ4n) is 3.27. The molecule has 7 nitrogen and oxygen atoms in total. The first kappa shape index (κ1) is 23.6. The number of ether oxygens (including phenoxy) is 1. The number of rotatable bonds is 6. The van der Waals surface area contributed by atoms with E-state index in [1.54, 1.807) is 11.8 Å². The first-order chi connectivity index (χ1) is 14.5. The van der Waals surface area contributed by atoms with Gasteiger partial charge in [-0.05, 0) is 31.7 Å². The molecule has 30 heavy (non-hydrogen) atoms. The standard InChI is InChI=1S/C23H32N2O5/c1-18-17-30-22(28)12-8-3-2-7-11-20(23(29)24-18)15-21(27)25(13-14-26)16-19-9-5-4-6-10-19/h2,4-7,9-10,18,20,26H,3,8,11-17H2,1H3,(H,24,29)/b7-2-/t18-,20+/m0/s1. The van der Waals surface area contributed by atoms with Crippen molar-refractivity contribution in [3.8, 4) is 0 Å². The van der Waals surface area contributed by atoms with Crippen LogP contribution in [-0.2, 0) is 25.7 Å². The highest BCUT2D eigenvalue weighted by atomic mass is 16.5. The van der Waals surface area contributed by atoms with E-state index in [9.17, 15) is 19.5 Å². The second kappa shape index (κ2) is 12.8. The van der Waals surface area contributed by atoms with Crippen molar-refractivity contribution in [3.63, 3.8) is 0 Å². The number of benzene rings is 1. The van der Waals surface area contributed by atoms with E-state index in [1.807, 2.05) is 42.5 Å². The van der Waals surface area contributed by atoms with E-state index >= 15 is 0 Å². The Morgan fingerprint density at radius 2 is 2.00 bits per heavy atom. The molecule has 0 fully saturated rings. The molecule has 0 spiro atoms. The Balaban J connectivity index is 2.06. The molecule has 0 radical (unpaired) electrons. The Morgan fingerprint density at radius 1 is 1.23 bits per heavy atom. The van der Waals surface area contributed by atoms with Crippen molar-refractivity contribution in [2.45, 2.75) is 51.6 Å². The van der Waals surface area contributed by atoms with Gasteiger partial charge in [-0.25, -0.2) is 0 Å². The fraction of sp³-hybridized carbons (Fsp3) is 0.522. The van der Waals surface area contributed by atoms with Gasteiger partial charge in [-0.3, -0.25) is 14.4 Å². The van der Waals surface area contributed by atoms with Crippen LogP contribution in [0.1, 0.15) is 44.6 Å². The van der Waals surface area contributed by atoms with Crippen molar-refractivity contribution < 1.29 is 24.2 Å². The Labute approximate surface area is 178 Å². The van der Waals surface area contributed by atoms with Gasteiger partial charge in [-0.2, -0.15) is 0 Å². The van der Waals surface area contributed by atoms with Gasteiger partial charge >= 0.3 is 5.97 Å². The zero-order valence-corrected chi connectivity index (χ0v) is 17.6. The van der Waals surface area contributed by atoms with Crippen LogP contribution in [0.4, 0.5) is 0 Å². The van der Waals surface area contributed by atoms with Crippen LogP contribution < -0.4 is 5.32 Å². The molecule has 1 heterocycles. The molecule has 1 aliphatic rings. The van der Waals surface area contributed by atoms with Gasteiger partial charge in [-0.1, -0.05) is 42.5 Å². The molecule has 1 aromatic carbocycles. The molecule has 0 saturated heterocycles. The first-order valence-corrected chi connectivity index (χ1v) is 10.5. The summed E-state index contributed by atoms with van der Waals surface area (Å²) in [5, 5.41) is 12.2. The van der Waals surface area contributed by atoms with Crippen LogP contribution in [0.5, 0.6) is 0 Å². The zero-order valence-electron chi connectivity index (χ0n) is 17.6. The summed E-state index contributed by atoms with van der Waals surface area (Å²) < 4.78 is 5.19. The molecule has 0 saturated carbocycles. The number of nitrogens with one attached hydrogen (secondary N) is 1. The molecule has 1 aromatic rings. The lowest BCUT2D eigenvalue weighted by atomic mass is 9.98. The Morgan fingerprint density at radius 3 is 2.73 bits per heavy atom. The number of cyclic esters (lactones) is 1. The predicted molar refractivity (Wildman–Crippen MR) is 113 cm³/mol. The third-order valence-electron chi connectivity index (χ3n) is 4.95. The summed E-state index contributed by atoms with van der Waals surface area (Å²) in [4.78, 5) is 39.0. The minimum absolute atomic E-state index is 0.0511. The summed E-state index contributed by atoms with van der Waals surface area (Å²) in [5.41, 5.74) is 0.967. The molecule has 0 aromatic heterocycles. The van der Waals surface area contributed by atoms with Crippen LogP contribution in [0, 0.1) is 5.92 Å². The number of carbonyl (C=O) groups excluding carboxylic acids is 3. The second-order valence-electron chi connectivity index (χ2n) is 7.62. The first-order valence-electron chi connectivity index (χ1n) is 10.5. The summed E-state index contributed by atoms with van der Waals surface area (Å²) in [6.45, 7) is 2.34. The molecule has 164 valence electrons. The van der Waals surface area contributed by atoms with Gasteiger partial charge in [0.2, 0.25) is 11.8 Å². The third kappa shape index (κ3) is 8.37. The highest BCUT2D eigenvalue weighted by molar-refractivity contribution is 5.86.